The van der Waals surface area contributed by atoms with Crippen LogP contribution in [0.2, 0.25) is 0 Å². The first-order valence-electron chi connectivity index (χ1n) is 7.80. The first-order valence-corrected chi connectivity index (χ1v) is 9.24. The second-order valence-corrected chi connectivity index (χ2v) is 8.07. The van der Waals surface area contributed by atoms with E-state index in [9.17, 15) is 8.42 Å². The third-order valence-corrected chi connectivity index (χ3v) is 6.03. The summed E-state index contributed by atoms with van der Waals surface area (Å²) in [5.74, 6) is 1.33. The average molecular weight is 347 g/mol. The zero-order valence-electron chi connectivity index (χ0n) is 14.0. The molecule has 1 heterocycles. The highest BCUT2D eigenvalue weighted by molar-refractivity contribution is 7.89. The van der Waals surface area contributed by atoms with Crippen molar-refractivity contribution in [3.63, 3.8) is 0 Å². The Bertz CT molecular complexity index is 848. The van der Waals surface area contributed by atoms with Gasteiger partial charge in [0.1, 0.15) is 12.7 Å². The van der Waals surface area contributed by atoms with Gasteiger partial charge < -0.3 is 9.47 Å². The fourth-order valence-electron chi connectivity index (χ4n) is 2.59. The molecule has 2 aromatic carbocycles. The maximum absolute atomic E-state index is 12.7. The van der Waals surface area contributed by atoms with Gasteiger partial charge in [0, 0.05) is 7.05 Å². The van der Waals surface area contributed by atoms with E-state index >= 15 is 0 Å². The Kier molecular flexibility index (Phi) is 4.51. The number of para-hydroxylation sites is 2. The molecule has 0 saturated heterocycles. The number of fused-ring (bicyclic) bond motifs is 1. The van der Waals surface area contributed by atoms with Crippen LogP contribution in [0.4, 0.5) is 0 Å². The van der Waals surface area contributed by atoms with Gasteiger partial charge >= 0.3 is 0 Å². The minimum Gasteiger partial charge on any atom is -0.486 e. The smallest absolute Gasteiger partial charge is 0.242 e. The van der Waals surface area contributed by atoms with Gasteiger partial charge in [0.15, 0.2) is 11.5 Å². The van der Waals surface area contributed by atoms with Crippen molar-refractivity contribution in [3.05, 3.63) is 53.6 Å². The molecule has 2 aromatic rings. The maximum atomic E-state index is 12.7. The molecule has 0 unspecified atom stereocenters. The molecule has 1 atom stereocenters. The molecule has 0 spiro atoms. The second-order valence-electron chi connectivity index (χ2n) is 6.03. The van der Waals surface area contributed by atoms with Crippen molar-refractivity contribution in [2.24, 2.45) is 0 Å². The SMILES string of the molecule is Cc1ccc(S(=O)(=O)N(C)C[C@@H]2COc3ccccc3O2)cc1C. The van der Waals surface area contributed by atoms with Crippen molar-refractivity contribution in [3.8, 4) is 11.5 Å². The standard InChI is InChI=1S/C18H21NO4S/c1-13-8-9-16(10-14(13)2)24(20,21)19(3)11-15-12-22-17-6-4-5-7-18(17)23-15/h4-10,15H,11-12H2,1-3H3/t15-/m1/s1. The summed E-state index contributed by atoms with van der Waals surface area (Å²) in [6.45, 7) is 4.41. The number of hydrogen-bond donors (Lipinski definition) is 0. The summed E-state index contributed by atoms with van der Waals surface area (Å²) in [6.07, 6.45) is -0.341. The Labute approximate surface area is 142 Å². The van der Waals surface area contributed by atoms with Crippen LogP contribution in [0.1, 0.15) is 11.1 Å². The van der Waals surface area contributed by atoms with E-state index in [4.69, 9.17) is 9.47 Å². The predicted octanol–water partition coefficient (Wildman–Crippen LogP) is 2.76. The molecule has 0 aromatic heterocycles. The monoisotopic (exact) mass is 347 g/mol. The second kappa shape index (κ2) is 6.45. The van der Waals surface area contributed by atoms with Gasteiger partial charge in [-0.1, -0.05) is 18.2 Å². The zero-order chi connectivity index (χ0) is 17.3. The summed E-state index contributed by atoms with van der Waals surface area (Å²) in [6, 6.07) is 12.6. The van der Waals surface area contributed by atoms with Crippen molar-refractivity contribution >= 4 is 10.0 Å². The largest absolute Gasteiger partial charge is 0.486 e. The Morgan fingerprint density at radius 2 is 1.79 bits per heavy atom. The molecule has 128 valence electrons. The normalized spacial score (nSPS) is 17.1. The van der Waals surface area contributed by atoms with Crippen molar-refractivity contribution in [1.82, 2.24) is 4.31 Å². The summed E-state index contributed by atoms with van der Waals surface area (Å²) in [7, 11) is -1.99. The van der Waals surface area contributed by atoms with Gasteiger partial charge in [0.05, 0.1) is 11.4 Å². The quantitative estimate of drug-likeness (QED) is 0.853. The Morgan fingerprint density at radius 1 is 1.08 bits per heavy atom. The number of benzene rings is 2. The highest BCUT2D eigenvalue weighted by Gasteiger charge is 2.28. The van der Waals surface area contributed by atoms with Crippen LogP contribution in [-0.4, -0.2) is 39.0 Å². The van der Waals surface area contributed by atoms with Crippen molar-refractivity contribution in [2.75, 3.05) is 20.2 Å². The van der Waals surface area contributed by atoms with Crippen LogP contribution >= 0.6 is 0 Å². The third kappa shape index (κ3) is 3.25. The number of hydrogen-bond acceptors (Lipinski definition) is 4. The molecule has 5 nitrogen and oxygen atoms in total. The Hall–Kier alpha value is -2.05. The molecule has 24 heavy (non-hydrogen) atoms. The van der Waals surface area contributed by atoms with Crippen LogP contribution in [0.15, 0.2) is 47.4 Å². The minimum atomic E-state index is -3.56. The number of ether oxygens (including phenoxy) is 2. The van der Waals surface area contributed by atoms with Crippen LogP contribution in [-0.2, 0) is 10.0 Å². The van der Waals surface area contributed by atoms with Crippen LogP contribution in [0.5, 0.6) is 11.5 Å². The van der Waals surface area contributed by atoms with Gasteiger partial charge in [-0.3, -0.25) is 0 Å². The summed E-state index contributed by atoms with van der Waals surface area (Å²) in [5.41, 5.74) is 2.02. The van der Waals surface area contributed by atoms with Crippen LogP contribution in [0.3, 0.4) is 0 Å². The summed E-state index contributed by atoms with van der Waals surface area (Å²) >= 11 is 0. The molecule has 0 N–H and O–H groups in total. The molecule has 0 fully saturated rings. The molecule has 0 saturated carbocycles. The number of nitrogens with zero attached hydrogens (tertiary/aromatic N) is 1. The molecule has 1 aliphatic rings. The van der Waals surface area contributed by atoms with Gasteiger partial charge in [0.2, 0.25) is 10.0 Å². The number of likely N-dealkylation sites (N-methyl/N-ethyl adjacent to an activating group) is 1. The summed E-state index contributed by atoms with van der Waals surface area (Å²) in [4.78, 5) is 0.297. The molecule has 6 heteroatoms. The maximum Gasteiger partial charge on any atom is 0.242 e. The molecular formula is C18H21NO4S. The highest BCUT2D eigenvalue weighted by atomic mass is 32.2. The van der Waals surface area contributed by atoms with Crippen LogP contribution in [0, 0.1) is 13.8 Å². The summed E-state index contributed by atoms with van der Waals surface area (Å²) in [5, 5.41) is 0. The minimum absolute atomic E-state index is 0.226. The van der Waals surface area contributed by atoms with Gasteiger partial charge in [-0.2, -0.15) is 4.31 Å². The fourth-order valence-corrected chi connectivity index (χ4v) is 3.88. The lowest BCUT2D eigenvalue weighted by Crippen LogP contribution is -2.41. The van der Waals surface area contributed by atoms with Gasteiger partial charge in [0.25, 0.3) is 0 Å². The van der Waals surface area contributed by atoms with Gasteiger partial charge in [-0.25, -0.2) is 8.42 Å². The van der Waals surface area contributed by atoms with E-state index in [1.165, 1.54) is 4.31 Å². The first-order chi connectivity index (χ1) is 11.4. The molecule has 0 aliphatic carbocycles. The van der Waals surface area contributed by atoms with E-state index in [-0.39, 0.29) is 12.6 Å². The zero-order valence-corrected chi connectivity index (χ0v) is 14.8. The lowest BCUT2D eigenvalue weighted by Gasteiger charge is -2.29. The van der Waals surface area contributed by atoms with E-state index in [0.29, 0.717) is 23.0 Å². The molecule has 0 bridgehead atoms. The van der Waals surface area contributed by atoms with Crippen LogP contribution < -0.4 is 9.47 Å². The third-order valence-electron chi connectivity index (χ3n) is 4.21. The van der Waals surface area contributed by atoms with Crippen LogP contribution in [0.25, 0.3) is 0 Å². The average Bonchev–Trinajstić information content (AvgIpc) is 2.57. The Morgan fingerprint density at radius 3 is 2.50 bits per heavy atom. The van der Waals surface area contributed by atoms with E-state index in [0.717, 1.165) is 11.1 Å². The number of rotatable bonds is 4. The molecule has 0 amide bonds. The van der Waals surface area contributed by atoms with E-state index in [1.807, 2.05) is 44.2 Å². The van der Waals surface area contributed by atoms with E-state index in [1.54, 1.807) is 19.2 Å². The Balaban J connectivity index is 1.74. The van der Waals surface area contributed by atoms with Gasteiger partial charge in [-0.05, 0) is 49.2 Å². The number of sulfonamides is 1. The van der Waals surface area contributed by atoms with Gasteiger partial charge in [-0.15, -0.1) is 0 Å². The van der Waals surface area contributed by atoms with E-state index in [2.05, 4.69) is 0 Å². The molecule has 1 aliphatic heterocycles. The predicted molar refractivity (Wildman–Crippen MR) is 92.1 cm³/mol. The van der Waals surface area contributed by atoms with Crippen molar-refractivity contribution < 1.29 is 17.9 Å². The summed E-state index contributed by atoms with van der Waals surface area (Å²) < 4.78 is 38.3. The molecule has 3 rings (SSSR count). The highest BCUT2D eigenvalue weighted by Crippen LogP contribution is 2.31. The molecule has 0 radical (unpaired) electrons. The van der Waals surface area contributed by atoms with E-state index < -0.39 is 10.0 Å². The lowest BCUT2D eigenvalue weighted by atomic mass is 10.1. The lowest BCUT2D eigenvalue weighted by molar-refractivity contribution is 0.0798. The fraction of sp³-hybridized carbons (Fsp3) is 0.333. The topological polar surface area (TPSA) is 55.8 Å². The first kappa shape index (κ1) is 16.8. The van der Waals surface area contributed by atoms with Crippen molar-refractivity contribution in [2.45, 2.75) is 24.8 Å². The number of aryl methyl sites for hydroxylation is 2. The molecular weight excluding hydrogens is 326 g/mol. The van der Waals surface area contributed by atoms with Crippen molar-refractivity contribution in [1.29, 1.82) is 0 Å².